The largest absolute Gasteiger partial charge is 0.243 e. The molecule has 30 heavy (non-hydrogen) atoms. The van der Waals surface area contributed by atoms with Crippen LogP contribution in [0.15, 0.2) is 28.7 Å². The molecule has 156 valence electrons. The van der Waals surface area contributed by atoms with Gasteiger partial charge in [-0.3, -0.25) is 0 Å². The van der Waals surface area contributed by atoms with E-state index in [2.05, 4.69) is 109 Å². The van der Waals surface area contributed by atoms with E-state index in [-0.39, 0.29) is 6.71 Å². The summed E-state index contributed by atoms with van der Waals surface area (Å²) in [6, 6.07) is 9.38. The Morgan fingerprint density at radius 1 is 0.467 bits per heavy atom. The summed E-state index contributed by atoms with van der Waals surface area (Å²) in [7, 11) is 0. The number of halogens is 1. The molecule has 0 aliphatic heterocycles. The highest BCUT2D eigenvalue weighted by atomic mass is 79.9. The van der Waals surface area contributed by atoms with Crippen molar-refractivity contribution in [2.24, 2.45) is 0 Å². The average molecular weight is 461 g/mol. The van der Waals surface area contributed by atoms with E-state index in [0.717, 1.165) is 0 Å². The van der Waals surface area contributed by atoms with Crippen LogP contribution in [-0.2, 0) is 0 Å². The van der Waals surface area contributed by atoms with Crippen LogP contribution in [0.25, 0.3) is 0 Å². The van der Waals surface area contributed by atoms with E-state index in [9.17, 15) is 0 Å². The summed E-state index contributed by atoms with van der Waals surface area (Å²) in [5.41, 5.74) is 18.1. The molecule has 0 aliphatic carbocycles. The Hall–Kier alpha value is -1.80. The van der Waals surface area contributed by atoms with Crippen molar-refractivity contribution in [3.05, 3.63) is 84.4 Å². The monoisotopic (exact) mass is 460 g/mol. The van der Waals surface area contributed by atoms with Crippen LogP contribution < -0.4 is 16.4 Å². The van der Waals surface area contributed by atoms with Crippen LogP contribution in [-0.4, -0.2) is 6.71 Å². The van der Waals surface area contributed by atoms with E-state index in [1.54, 1.807) is 0 Å². The average Bonchev–Trinajstić information content (AvgIpc) is 2.63. The van der Waals surface area contributed by atoms with Gasteiger partial charge >= 0.3 is 0 Å². The van der Waals surface area contributed by atoms with Crippen LogP contribution in [0, 0.1) is 69.2 Å². The van der Waals surface area contributed by atoms with E-state index in [0.29, 0.717) is 0 Å². The van der Waals surface area contributed by atoms with Gasteiger partial charge in [0, 0.05) is 4.47 Å². The summed E-state index contributed by atoms with van der Waals surface area (Å²) >= 11 is 3.85. The molecule has 0 saturated carbocycles. The zero-order chi connectivity index (χ0) is 22.5. The fourth-order valence-corrected chi connectivity index (χ4v) is 6.05. The first kappa shape index (κ1) is 22.9. The van der Waals surface area contributed by atoms with E-state index in [1.807, 2.05) is 0 Å². The minimum absolute atomic E-state index is 0.233. The van der Waals surface area contributed by atoms with Gasteiger partial charge in [0.25, 0.3) is 0 Å². The standard InChI is InChI=1S/C28H34BBr/c1-15-11-17(3)25(18(4)12-15)29(26-19(5)13-16(2)14-20(26)6)27-21(7)23(9)28(30)24(10)22(27)8/h11-14H,1-10H3. The van der Waals surface area contributed by atoms with E-state index < -0.39 is 0 Å². The van der Waals surface area contributed by atoms with Crippen LogP contribution in [0.5, 0.6) is 0 Å². The highest BCUT2D eigenvalue weighted by Crippen LogP contribution is 2.27. The first-order valence-electron chi connectivity index (χ1n) is 10.9. The molecule has 0 nitrogen and oxygen atoms in total. The maximum Gasteiger partial charge on any atom is 0.243 e. The molecule has 3 aromatic rings. The minimum atomic E-state index is 0.233. The number of rotatable bonds is 3. The molecule has 0 saturated heterocycles. The van der Waals surface area contributed by atoms with Gasteiger partial charge in [0.1, 0.15) is 0 Å². The van der Waals surface area contributed by atoms with Crippen LogP contribution in [0.4, 0.5) is 0 Å². The third kappa shape index (κ3) is 3.80. The molecule has 0 radical (unpaired) electrons. The zero-order valence-electron chi connectivity index (χ0n) is 20.3. The van der Waals surface area contributed by atoms with Crippen LogP contribution >= 0.6 is 15.9 Å². The lowest BCUT2D eigenvalue weighted by Crippen LogP contribution is -2.57. The fraction of sp³-hybridized carbons (Fsp3) is 0.357. The molecule has 0 heterocycles. The third-order valence-corrected chi connectivity index (χ3v) is 8.12. The number of hydrogen-bond acceptors (Lipinski definition) is 0. The molecule has 0 aliphatic rings. The summed E-state index contributed by atoms with van der Waals surface area (Å²) in [5.74, 6) is 0. The number of benzene rings is 3. The molecular formula is C28H34BBr. The Labute approximate surface area is 192 Å². The van der Waals surface area contributed by atoms with Crippen molar-refractivity contribution in [2.75, 3.05) is 0 Å². The second-order valence-corrected chi connectivity index (χ2v) is 10.1. The molecule has 0 unspecified atom stereocenters. The SMILES string of the molecule is Cc1cc(C)c(B(c2c(C)cc(C)cc2C)c2c(C)c(C)c(Br)c(C)c2C)c(C)c1. The molecule has 2 heteroatoms. The lowest BCUT2D eigenvalue weighted by Gasteiger charge is -2.29. The smallest absolute Gasteiger partial charge is 0.0629 e. The maximum absolute atomic E-state index is 3.85. The van der Waals surface area contributed by atoms with E-state index in [4.69, 9.17) is 0 Å². The van der Waals surface area contributed by atoms with Gasteiger partial charge < -0.3 is 0 Å². The van der Waals surface area contributed by atoms with Gasteiger partial charge in [0.05, 0.1) is 0 Å². The fourth-order valence-electron chi connectivity index (χ4n) is 5.45. The van der Waals surface area contributed by atoms with Crippen molar-refractivity contribution >= 4 is 39.0 Å². The lowest BCUT2D eigenvalue weighted by molar-refractivity contribution is 1.24. The highest BCUT2D eigenvalue weighted by Gasteiger charge is 2.32. The molecule has 0 atom stereocenters. The summed E-state index contributed by atoms with van der Waals surface area (Å²) in [6.07, 6.45) is 0. The first-order valence-corrected chi connectivity index (χ1v) is 11.7. The summed E-state index contributed by atoms with van der Waals surface area (Å²) in [6.45, 7) is 22.9. The molecule has 0 spiro atoms. The van der Waals surface area contributed by atoms with Gasteiger partial charge in [-0.05, 0) is 80.4 Å². The number of aryl methyl sites for hydroxylation is 6. The molecule has 0 N–H and O–H groups in total. The Bertz CT molecular complexity index is 1020. The van der Waals surface area contributed by atoms with Crippen LogP contribution in [0.3, 0.4) is 0 Å². The van der Waals surface area contributed by atoms with Gasteiger partial charge in [-0.25, -0.2) is 0 Å². The van der Waals surface area contributed by atoms with E-state index >= 15 is 0 Å². The van der Waals surface area contributed by atoms with Gasteiger partial charge in [-0.2, -0.15) is 0 Å². The Kier molecular flexibility index (Phi) is 6.39. The molecular weight excluding hydrogens is 427 g/mol. The molecule has 3 rings (SSSR count). The topological polar surface area (TPSA) is 0 Å². The van der Waals surface area contributed by atoms with Crippen molar-refractivity contribution < 1.29 is 0 Å². The van der Waals surface area contributed by atoms with Gasteiger partial charge in [-0.1, -0.05) is 101 Å². The minimum Gasteiger partial charge on any atom is -0.0629 e. The first-order chi connectivity index (χ1) is 14.0. The third-order valence-electron chi connectivity index (χ3n) is 6.93. The highest BCUT2D eigenvalue weighted by molar-refractivity contribution is 9.10. The quantitative estimate of drug-likeness (QED) is 0.417. The van der Waals surface area contributed by atoms with Gasteiger partial charge in [0.15, 0.2) is 0 Å². The molecule has 0 bridgehead atoms. The predicted molar refractivity (Wildman–Crippen MR) is 139 cm³/mol. The van der Waals surface area contributed by atoms with Crippen molar-refractivity contribution in [3.63, 3.8) is 0 Å². The normalized spacial score (nSPS) is 11.2. The van der Waals surface area contributed by atoms with Crippen molar-refractivity contribution in [1.29, 1.82) is 0 Å². The van der Waals surface area contributed by atoms with E-state index in [1.165, 1.54) is 76.5 Å². The second kappa shape index (κ2) is 8.38. The molecule has 0 amide bonds. The van der Waals surface area contributed by atoms with Gasteiger partial charge in [0.2, 0.25) is 6.71 Å². The number of hydrogen-bond donors (Lipinski definition) is 0. The molecule has 0 aromatic heterocycles. The maximum atomic E-state index is 3.85. The van der Waals surface area contributed by atoms with Crippen LogP contribution in [0.1, 0.15) is 55.6 Å². The predicted octanol–water partition coefficient (Wildman–Crippen LogP) is 6.05. The second-order valence-electron chi connectivity index (χ2n) is 9.29. The summed E-state index contributed by atoms with van der Waals surface area (Å²) in [5, 5.41) is 0. The summed E-state index contributed by atoms with van der Waals surface area (Å²) < 4.78 is 1.25. The lowest BCUT2D eigenvalue weighted by atomic mass is 9.32. The Morgan fingerprint density at radius 2 is 0.767 bits per heavy atom. The van der Waals surface area contributed by atoms with Crippen molar-refractivity contribution in [3.8, 4) is 0 Å². The Morgan fingerprint density at radius 3 is 1.07 bits per heavy atom. The molecule has 3 aromatic carbocycles. The Balaban J connectivity index is 2.53. The van der Waals surface area contributed by atoms with Gasteiger partial charge in [-0.15, -0.1) is 0 Å². The van der Waals surface area contributed by atoms with Crippen molar-refractivity contribution in [2.45, 2.75) is 69.2 Å². The van der Waals surface area contributed by atoms with Crippen LogP contribution in [0.2, 0.25) is 0 Å². The molecule has 0 fully saturated rings. The zero-order valence-corrected chi connectivity index (χ0v) is 21.9. The summed E-state index contributed by atoms with van der Waals surface area (Å²) in [4.78, 5) is 0. The van der Waals surface area contributed by atoms with Crippen molar-refractivity contribution in [1.82, 2.24) is 0 Å².